The summed E-state index contributed by atoms with van der Waals surface area (Å²) >= 11 is 0. The number of rotatable bonds is 5. The van der Waals surface area contributed by atoms with Crippen LogP contribution in [0.5, 0.6) is 0 Å². The van der Waals surface area contributed by atoms with Crippen LogP contribution in [-0.4, -0.2) is 35.2 Å². The van der Waals surface area contributed by atoms with Crippen molar-refractivity contribution in [3.63, 3.8) is 0 Å². The van der Waals surface area contributed by atoms with E-state index in [0.29, 0.717) is 5.82 Å². The zero-order chi connectivity index (χ0) is 21.4. The van der Waals surface area contributed by atoms with E-state index in [2.05, 4.69) is 75.4 Å². The molecule has 0 saturated carbocycles. The van der Waals surface area contributed by atoms with Gasteiger partial charge in [0.1, 0.15) is 11.3 Å². The van der Waals surface area contributed by atoms with Crippen molar-refractivity contribution in [1.82, 2.24) is 35.2 Å². The van der Waals surface area contributed by atoms with E-state index in [1.165, 1.54) is 5.56 Å². The molecule has 0 unspecified atom stereocenters. The lowest BCUT2D eigenvalue weighted by atomic mass is 9.99. The zero-order valence-corrected chi connectivity index (χ0v) is 17.8. The third-order valence-electron chi connectivity index (χ3n) is 5.54. The van der Waals surface area contributed by atoms with Gasteiger partial charge in [0.05, 0.1) is 0 Å². The molecule has 31 heavy (non-hydrogen) atoms. The van der Waals surface area contributed by atoms with Crippen LogP contribution in [0.15, 0.2) is 54.6 Å². The van der Waals surface area contributed by atoms with Gasteiger partial charge in [-0.1, -0.05) is 50.2 Å². The molecule has 2 aromatic carbocycles. The average molecular weight is 409 g/mol. The van der Waals surface area contributed by atoms with Gasteiger partial charge >= 0.3 is 0 Å². The van der Waals surface area contributed by atoms with Gasteiger partial charge in [0, 0.05) is 23.4 Å². The van der Waals surface area contributed by atoms with Crippen molar-refractivity contribution in [2.75, 3.05) is 0 Å². The summed E-state index contributed by atoms with van der Waals surface area (Å²) in [6, 6.07) is 18.7. The van der Waals surface area contributed by atoms with E-state index in [1.54, 1.807) is 0 Å². The first-order valence-electron chi connectivity index (χ1n) is 10.5. The highest BCUT2D eigenvalue weighted by Crippen LogP contribution is 2.31. The monoisotopic (exact) mass is 409 g/mol. The molecule has 3 heterocycles. The number of hydrogen-bond acceptors (Lipinski definition) is 5. The Morgan fingerprint density at radius 1 is 0.903 bits per heavy atom. The largest absolute Gasteiger partial charge is 0.281 e. The Kier molecular flexibility index (Phi) is 4.78. The standard InChI is InChI=1S/C24H23N7/c1-4-16-14-15(3)25-24-22(16)26-21(5-2)31(24)18-12-10-17(11-13-18)19-8-6-7-9-20(19)23-27-29-30-28-23/h6-14H,4-5H2,1-3H3,(H,27,28,29,30). The lowest BCUT2D eigenvalue weighted by Crippen LogP contribution is -2.01. The Labute approximate surface area is 180 Å². The number of nitrogens with zero attached hydrogens (tertiary/aromatic N) is 6. The van der Waals surface area contributed by atoms with Crippen LogP contribution in [0, 0.1) is 6.92 Å². The molecule has 5 rings (SSSR count). The number of fused-ring (bicyclic) bond motifs is 1. The number of aryl methyl sites for hydroxylation is 3. The van der Waals surface area contributed by atoms with Crippen molar-refractivity contribution in [2.24, 2.45) is 0 Å². The summed E-state index contributed by atoms with van der Waals surface area (Å²) < 4.78 is 2.18. The number of H-pyrrole nitrogens is 1. The minimum atomic E-state index is 0.584. The highest BCUT2D eigenvalue weighted by Gasteiger charge is 2.16. The van der Waals surface area contributed by atoms with Crippen LogP contribution in [0.3, 0.4) is 0 Å². The van der Waals surface area contributed by atoms with E-state index in [9.17, 15) is 0 Å². The van der Waals surface area contributed by atoms with E-state index < -0.39 is 0 Å². The van der Waals surface area contributed by atoms with Crippen molar-refractivity contribution in [1.29, 1.82) is 0 Å². The van der Waals surface area contributed by atoms with Crippen molar-refractivity contribution in [2.45, 2.75) is 33.6 Å². The second kappa shape index (κ2) is 7.75. The van der Waals surface area contributed by atoms with Crippen molar-refractivity contribution in [3.05, 3.63) is 71.7 Å². The van der Waals surface area contributed by atoms with Gasteiger partial charge in [0.25, 0.3) is 0 Å². The number of hydrogen-bond donors (Lipinski definition) is 1. The maximum atomic E-state index is 4.92. The maximum absolute atomic E-state index is 4.92. The molecule has 154 valence electrons. The summed E-state index contributed by atoms with van der Waals surface area (Å²) in [4.78, 5) is 9.75. The Morgan fingerprint density at radius 2 is 1.68 bits per heavy atom. The highest BCUT2D eigenvalue weighted by molar-refractivity contribution is 5.81. The molecule has 0 radical (unpaired) electrons. The van der Waals surface area contributed by atoms with Gasteiger partial charge in [0.2, 0.25) is 5.82 Å². The Balaban J connectivity index is 1.63. The molecule has 0 fully saturated rings. The Hall–Kier alpha value is -3.87. The molecule has 7 heteroatoms. The van der Waals surface area contributed by atoms with Crippen LogP contribution < -0.4 is 0 Å². The highest BCUT2D eigenvalue weighted by atomic mass is 15.5. The summed E-state index contributed by atoms with van der Waals surface area (Å²) in [5.41, 5.74) is 8.32. The molecular formula is C24H23N7. The van der Waals surface area contributed by atoms with Gasteiger partial charge < -0.3 is 0 Å². The molecule has 0 saturated heterocycles. The normalized spacial score (nSPS) is 11.3. The number of imidazole rings is 1. The average Bonchev–Trinajstić information content (AvgIpc) is 3.47. The van der Waals surface area contributed by atoms with Gasteiger partial charge in [-0.3, -0.25) is 4.57 Å². The first kappa shape index (κ1) is 19.1. The molecule has 0 atom stereocenters. The van der Waals surface area contributed by atoms with Crippen LogP contribution in [0.2, 0.25) is 0 Å². The molecular weight excluding hydrogens is 386 g/mol. The molecule has 1 N–H and O–H groups in total. The first-order valence-corrected chi connectivity index (χ1v) is 10.5. The zero-order valence-electron chi connectivity index (χ0n) is 17.8. The van der Waals surface area contributed by atoms with Gasteiger partial charge in [-0.05, 0) is 53.4 Å². The van der Waals surface area contributed by atoms with E-state index in [1.807, 2.05) is 25.1 Å². The third kappa shape index (κ3) is 3.28. The van der Waals surface area contributed by atoms with Gasteiger partial charge in [-0.15, -0.1) is 10.2 Å². The second-order valence-corrected chi connectivity index (χ2v) is 7.49. The predicted octanol–water partition coefficient (Wildman–Crippen LogP) is 4.70. The van der Waals surface area contributed by atoms with Crippen LogP contribution in [0.1, 0.15) is 30.9 Å². The summed E-state index contributed by atoms with van der Waals surface area (Å²) in [5.74, 6) is 1.60. The van der Waals surface area contributed by atoms with Crippen molar-refractivity contribution < 1.29 is 0 Å². The summed E-state index contributed by atoms with van der Waals surface area (Å²) in [5, 5.41) is 14.5. The number of nitrogens with one attached hydrogen (secondary N) is 1. The lowest BCUT2D eigenvalue weighted by Gasteiger charge is -2.11. The molecule has 7 nitrogen and oxygen atoms in total. The number of aromatic nitrogens is 7. The van der Waals surface area contributed by atoms with Crippen LogP contribution in [0.4, 0.5) is 0 Å². The number of aromatic amines is 1. The smallest absolute Gasteiger partial charge is 0.205 e. The topological polar surface area (TPSA) is 85.2 Å². The molecule has 3 aromatic heterocycles. The summed E-state index contributed by atoms with van der Waals surface area (Å²) in [7, 11) is 0. The second-order valence-electron chi connectivity index (χ2n) is 7.49. The molecule has 0 spiro atoms. The molecule has 0 aliphatic carbocycles. The van der Waals surface area contributed by atoms with E-state index in [0.717, 1.165) is 57.9 Å². The summed E-state index contributed by atoms with van der Waals surface area (Å²) in [6.45, 7) is 6.33. The molecule has 5 aromatic rings. The van der Waals surface area contributed by atoms with Crippen LogP contribution >= 0.6 is 0 Å². The molecule has 0 aliphatic rings. The van der Waals surface area contributed by atoms with E-state index >= 15 is 0 Å². The van der Waals surface area contributed by atoms with Gasteiger partial charge in [-0.2, -0.15) is 5.21 Å². The predicted molar refractivity (Wildman–Crippen MR) is 121 cm³/mol. The molecule has 0 aliphatic heterocycles. The number of tetrazole rings is 1. The minimum Gasteiger partial charge on any atom is -0.281 e. The van der Waals surface area contributed by atoms with Gasteiger partial charge in [-0.25, -0.2) is 9.97 Å². The van der Waals surface area contributed by atoms with Crippen LogP contribution in [0.25, 0.3) is 39.4 Å². The van der Waals surface area contributed by atoms with Crippen molar-refractivity contribution >= 4 is 11.2 Å². The van der Waals surface area contributed by atoms with Gasteiger partial charge in [0.15, 0.2) is 5.65 Å². The Morgan fingerprint density at radius 3 is 2.35 bits per heavy atom. The number of pyridine rings is 1. The molecule has 0 bridgehead atoms. The maximum Gasteiger partial charge on any atom is 0.205 e. The first-order chi connectivity index (χ1) is 15.2. The van der Waals surface area contributed by atoms with E-state index in [4.69, 9.17) is 9.97 Å². The number of benzene rings is 2. The minimum absolute atomic E-state index is 0.584. The molecule has 0 amide bonds. The Bertz CT molecular complexity index is 1350. The lowest BCUT2D eigenvalue weighted by molar-refractivity contribution is 0.881. The van der Waals surface area contributed by atoms with Crippen LogP contribution in [-0.2, 0) is 12.8 Å². The fourth-order valence-corrected chi connectivity index (χ4v) is 4.07. The fourth-order valence-electron chi connectivity index (χ4n) is 4.07. The fraction of sp³-hybridized carbons (Fsp3) is 0.208. The summed E-state index contributed by atoms with van der Waals surface area (Å²) in [6.07, 6.45) is 1.77. The quantitative estimate of drug-likeness (QED) is 0.455. The van der Waals surface area contributed by atoms with Crippen molar-refractivity contribution in [3.8, 4) is 28.2 Å². The SMILES string of the molecule is CCc1cc(C)nc2c1nc(CC)n2-c1ccc(-c2ccccc2-c2nn[nH]n2)cc1. The third-order valence-corrected chi connectivity index (χ3v) is 5.54. The van der Waals surface area contributed by atoms with E-state index in [-0.39, 0.29) is 0 Å².